The van der Waals surface area contributed by atoms with Crippen LogP contribution in [0.1, 0.15) is 50.7 Å². The van der Waals surface area contributed by atoms with Crippen LogP contribution in [0.2, 0.25) is 0 Å². The second-order valence-electron chi connectivity index (χ2n) is 7.13. The number of carbonyl (C=O) groups is 2. The first kappa shape index (κ1) is 24.6. The first-order chi connectivity index (χ1) is 15.4. The van der Waals surface area contributed by atoms with E-state index in [9.17, 15) is 9.59 Å². The lowest BCUT2D eigenvalue weighted by molar-refractivity contribution is -0.123. The van der Waals surface area contributed by atoms with Crippen molar-refractivity contribution in [2.75, 3.05) is 14.2 Å². The molecule has 0 radical (unpaired) electrons. The second kappa shape index (κ2) is 12.9. The van der Waals surface area contributed by atoms with Crippen LogP contribution in [0.4, 0.5) is 0 Å². The van der Waals surface area contributed by atoms with Gasteiger partial charge in [0.15, 0.2) is 0 Å². The number of nitrogens with zero attached hydrogens (tertiary/aromatic N) is 2. The van der Waals surface area contributed by atoms with E-state index in [0.717, 1.165) is 22.6 Å². The SMILES string of the molecule is COc1ccc(/C(C)=N/NC(=O)CCCCC(=O)N/N=C(\C)c2ccc(OC)cc2)cc1. The molecule has 0 aliphatic rings. The van der Waals surface area contributed by atoms with Crippen molar-refractivity contribution in [2.24, 2.45) is 10.2 Å². The molecule has 0 saturated heterocycles. The molecule has 0 aliphatic carbocycles. The fraction of sp³-hybridized carbons (Fsp3) is 0.333. The lowest BCUT2D eigenvalue weighted by atomic mass is 10.1. The molecule has 0 spiro atoms. The number of hydrogen-bond acceptors (Lipinski definition) is 6. The van der Waals surface area contributed by atoms with Crippen molar-refractivity contribution in [2.45, 2.75) is 39.5 Å². The van der Waals surface area contributed by atoms with E-state index in [1.165, 1.54) is 0 Å². The molecule has 2 amide bonds. The monoisotopic (exact) mass is 438 g/mol. The van der Waals surface area contributed by atoms with Crippen LogP contribution in [0.3, 0.4) is 0 Å². The lowest BCUT2D eigenvalue weighted by Crippen LogP contribution is -2.20. The van der Waals surface area contributed by atoms with Crippen molar-refractivity contribution >= 4 is 23.2 Å². The lowest BCUT2D eigenvalue weighted by Gasteiger charge is -2.05. The van der Waals surface area contributed by atoms with Crippen LogP contribution in [-0.4, -0.2) is 37.5 Å². The topological polar surface area (TPSA) is 101 Å². The van der Waals surface area contributed by atoms with Crippen LogP contribution >= 0.6 is 0 Å². The average molecular weight is 439 g/mol. The summed E-state index contributed by atoms with van der Waals surface area (Å²) in [6.45, 7) is 3.64. The van der Waals surface area contributed by atoms with Gasteiger partial charge in [0.05, 0.1) is 25.6 Å². The van der Waals surface area contributed by atoms with Gasteiger partial charge in [-0.25, -0.2) is 10.9 Å². The summed E-state index contributed by atoms with van der Waals surface area (Å²) >= 11 is 0. The molecular weight excluding hydrogens is 408 g/mol. The van der Waals surface area contributed by atoms with E-state index in [1.807, 2.05) is 62.4 Å². The summed E-state index contributed by atoms with van der Waals surface area (Å²) in [4.78, 5) is 23.9. The van der Waals surface area contributed by atoms with Gasteiger partial charge in [-0.2, -0.15) is 10.2 Å². The minimum atomic E-state index is -0.188. The molecule has 0 aromatic heterocycles. The summed E-state index contributed by atoms with van der Waals surface area (Å²) in [5, 5.41) is 8.25. The highest BCUT2D eigenvalue weighted by atomic mass is 16.5. The van der Waals surface area contributed by atoms with Gasteiger partial charge in [-0.05, 0) is 86.3 Å². The third-order valence-electron chi connectivity index (χ3n) is 4.77. The minimum Gasteiger partial charge on any atom is -0.497 e. The quantitative estimate of drug-likeness (QED) is 0.318. The van der Waals surface area contributed by atoms with Crippen LogP contribution in [0.5, 0.6) is 11.5 Å². The van der Waals surface area contributed by atoms with E-state index in [-0.39, 0.29) is 11.8 Å². The van der Waals surface area contributed by atoms with Gasteiger partial charge in [-0.15, -0.1) is 0 Å². The Morgan fingerprint density at radius 1 is 0.688 bits per heavy atom. The highest BCUT2D eigenvalue weighted by Gasteiger charge is 2.05. The molecule has 2 N–H and O–H groups in total. The van der Waals surface area contributed by atoms with Crippen LogP contribution in [0.15, 0.2) is 58.7 Å². The molecule has 0 fully saturated rings. The maximum atomic E-state index is 12.0. The molecule has 0 bridgehead atoms. The summed E-state index contributed by atoms with van der Waals surface area (Å²) in [5.41, 5.74) is 8.29. The highest BCUT2D eigenvalue weighted by Crippen LogP contribution is 2.13. The van der Waals surface area contributed by atoms with Gasteiger partial charge in [0.2, 0.25) is 11.8 Å². The Kier molecular flexibility index (Phi) is 9.90. The van der Waals surface area contributed by atoms with E-state index >= 15 is 0 Å². The largest absolute Gasteiger partial charge is 0.497 e. The fourth-order valence-electron chi connectivity index (χ4n) is 2.77. The van der Waals surface area contributed by atoms with Gasteiger partial charge in [0, 0.05) is 12.8 Å². The average Bonchev–Trinajstić information content (AvgIpc) is 2.83. The third-order valence-corrected chi connectivity index (χ3v) is 4.77. The second-order valence-corrected chi connectivity index (χ2v) is 7.13. The minimum absolute atomic E-state index is 0.188. The molecule has 170 valence electrons. The van der Waals surface area contributed by atoms with E-state index in [4.69, 9.17) is 9.47 Å². The zero-order valence-corrected chi connectivity index (χ0v) is 19.0. The number of methoxy groups -OCH3 is 2. The molecule has 0 unspecified atom stereocenters. The zero-order chi connectivity index (χ0) is 23.3. The first-order valence-corrected chi connectivity index (χ1v) is 10.4. The first-order valence-electron chi connectivity index (χ1n) is 10.4. The van der Waals surface area contributed by atoms with Gasteiger partial charge >= 0.3 is 0 Å². The zero-order valence-electron chi connectivity index (χ0n) is 19.0. The molecule has 8 nitrogen and oxygen atoms in total. The number of hydrazone groups is 2. The van der Waals surface area contributed by atoms with Crippen LogP contribution in [0, 0.1) is 0 Å². The number of rotatable bonds is 11. The number of nitrogens with one attached hydrogen (secondary N) is 2. The molecule has 0 atom stereocenters. The van der Waals surface area contributed by atoms with Crippen molar-refractivity contribution in [3.63, 3.8) is 0 Å². The van der Waals surface area contributed by atoms with Crippen molar-refractivity contribution in [1.29, 1.82) is 0 Å². The summed E-state index contributed by atoms with van der Waals surface area (Å²) in [5.74, 6) is 1.14. The van der Waals surface area contributed by atoms with Crippen molar-refractivity contribution in [3.8, 4) is 11.5 Å². The Morgan fingerprint density at radius 3 is 1.34 bits per heavy atom. The van der Waals surface area contributed by atoms with Crippen molar-refractivity contribution in [3.05, 3.63) is 59.7 Å². The maximum absolute atomic E-state index is 12.0. The standard InChI is InChI=1S/C24H30N4O4/c1-17(19-9-13-21(31-3)14-10-19)25-27-23(29)7-5-6-8-24(30)28-26-18(2)20-11-15-22(32-4)16-12-20/h9-16H,5-8H2,1-4H3,(H,27,29)(H,28,30)/b25-17+,26-18+. The Bertz CT molecular complexity index is 871. The van der Waals surface area contributed by atoms with Crippen LogP contribution in [-0.2, 0) is 9.59 Å². The predicted octanol–water partition coefficient (Wildman–Crippen LogP) is 3.64. The van der Waals surface area contributed by atoms with Gasteiger partial charge in [0.25, 0.3) is 0 Å². The summed E-state index contributed by atoms with van der Waals surface area (Å²) in [6, 6.07) is 14.9. The molecule has 8 heteroatoms. The molecule has 0 saturated carbocycles. The molecule has 0 heterocycles. The number of carbonyl (C=O) groups excluding carboxylic acids is 2. The van der Waals surface area contributed by atoms with Crippen LogP contribution in [0.25, 0.3) is 0 Å². The predicted molar refractivity (Wildman–Crippen MR) is 125 cm³/mol. The Balaban J connectivity index is 1.67. The third kappa shape index (κ3) is 8.22. The molecule has 2 aromatic rings. The Hall–Kier alpha value is -3.68. The highest BCUT2D eigenvalue weighted by molar-refractivity contribution is 5.99. The number of unbranched alkanes of at least 4 members (excludes halogenated alkanes) is 1. The molecular formula is C24H30N4O4. The normalized spacial score (nSPS) is 11.6. The van der Waals surface area contributed by atoms with Crippen molar-refractivity contribution < 1.29 is 19.1 Å². The number of ether oxygens (including phenoxy) is 2. The number of amides is 2. The van der Waals surface area contributed by atoms with E-state index in [0.29, 0.717) is 37.1 Å². The van der Waals surface area contributed by atoms with Crippen molar-refractivity contribution in [1.82, 2.24) is 10.9 Å². The molecule has 32 heavy (non-hydrogen) atoms. The van der Waals surface area contributed by atoms with E-state index in [2.05, 4.69) is 21.1 Å². The van der Waals surface area contributed by atoms with Crippen LogP contribution < -0.4 is 20.3 Å². The van der Waals surface area contributed by atoms with Gasteiger partial charge in [-0.1, -0.05) is 0 Å². The fourth-order valence-corrected chi connectivity index (χ4v) is 2.77. The Morgan fingerprint density at radius 2 is 1.03 bits per heavy atom. The van der Waals surface area contributed by atoms with Gasteiger partial charge < -0.3 is 9.47 Å². The van der Waals surface area contributed by atoms with E-state index in [1.54, 1.807) is 14.2 Å². The van der Waals surface area contributed by atoms with E-state index < -0.39 is 0 Å². The maximum Gasteiger partial charge on any atom is 0.240 e. The molecule has 0 aliphatic heterocycles. The number of benzene rings is 2. The number of hydrogen-bond donors (Lipinski definition) is 2. The van der Waals surface area contributed by atoms with Gasteiger partial charge in [-0.3, -0.25) is 9.59 Å². The van der Waals surface area contributed by atoms with Gasteiger partial charge in [0.1, 0.15) is 11.5 Å². The summed E-state index contributed by atoms with van der Waals surface area (Å²) in [6.07, 6.45) is 1.75. The summed E-state index contributed by atoms with van der Waals surface area (Å²) in [7, 11) is 3.22. The molecule has 2 rings (SSSR count). The smallest absolute Gasteiger partial charge is 0.240 e. The molecule has 2 aromatic carbocycles. The Labute approximate surface area is 188 Å². The summed E-state index contributed by atoms with van der Waals surface area (Å²) < 4.78 is 10.2.